The van der Waals surface area contributed by atoms with Crippen molar-refractivity contribution in [3.8, 4) is 11.4 Å². The van der Waals surface area contributed by atoms with E-state index in [0.29, 0.717) is 0 Å². The van der Waals surface area contributed by atoms with Crippen LogP contribution in [-0.4, -0.2) is 9.36 Å². The molecule has 0 radical (unpaired) electrons. The summed E-state index contributed by atoms with van der Waals surface area (Å²) in [5, 5.41) is 0. The lowest BCUT2D eigenvalue weighted by atomic mass is 10.1. The predicted molar refractivity (Wildman–Crippen MR) is 67.4 cm³/mol. The van der Waals surface area contributed by atoms with Gasteiger partial charge in [0.2, 0.25) is 0 Å². The molecular formula is C10H9IN2S. The van der Waals surface area contributed by atoms with Gasteiger partial charge in [-0.25, -0.2) is 4.98 Å². The lowest BCUT2D eigenvalue weighted by Gasteiger charge is -1.97. The molecule has 0 aliphatic rings. The SMILES string of the molecule is CCc1ccc(-c2nsc(I)n2)cc1. The molecule has 0 aliphatic heterocycles. The summed E-state index contributed by atoms with van der Waals surface area (Å²) in [6, 6.07) is 8.42. The molecule has 0 saturated carbocycles. The number of hydrogen-bond acceptors (Lipinski definition) is 3. The Morgan fingerprint density at radius 2 is 2.00 bits per heavy atom. The molecule has 0 saturated heterocycles. The van der Waals surface area contributed by atoms with Crippen molar-refractivity contribution >= 4 is 34.1 Å². The average Bonchev–Trinajstić information content (AvgIpc) is 2.65. The summed E-state index contributed by atoms with van der Waals surface area (Å²) in [6.07, 6.45) is 1.07. The molecule has 0 amide bonds. The Hall–Kier alpha value is -0.490. The summed E-state index contributed by atoms with van der Waals surface area (Å²) in [4.78, 5) is 4.33. The summed E-state index contributed by atoms with van der Waals surface area (Å²) in [5.41, 5.74) is 2.44. The molecule has 2 rings (SSSR count). The molecular weight excluding hydrogens is 307 g/mol. The smallest absolute Gasteiger partial charge is 0.174 e. The Labute approximate surface area is 101 Å². The van der Waals surface area contributed by atoms with Crippen LogP contribution in [0.25, 0.3) is 11.4 Å². The molecule has 0 aliphatic carbocycles. The molecule has 0 spiro atoms. The largest absolute Gasteiger partial charge is 0.209 e. The first kappa shape index (κ1) is 10.0. The van der Waals surface area contributed by atoms with Gasteiger partial charge < -0.3 is 0 Å². The summed E-state index contributed by atoms with van der Waals surface area (Å²) in [7, 11) is 0. The zero-order valence-electron chi connectivity index (χ0n) is 7.70. The zero-order valence-corrected chi connectivity index (χ0v) is 10.7. The van der Waals surface area contributed by atoms with Crippen LogP contribution < -0.4 is 0 Å². The highest BCUT2D eigenvalue weighted by Gasteiger charge is 2.03. The van der Waals surface area contributed by atoms with E-state index < -0.39 is 0 Å². The van der Waals surface area contributed by atoms with Gasteiger partial charge in [-0.05, 0) is 46.1 Å². The number of aryl methyl sites for hydroxylation is 1. The second-order valence-electron chi connectivity index (χ2n) is 2.92. The van der Waals surface area contributed by atoms with Gasteiger partial charge in [-0.3, -0.25) is 0 Å². The molecule has 72 valence electrons. The molecule has 1 aromatic carbocycles. The lowest BCUT2D eigenvalue weighted by Crippen LogP contribution is -1.83. The third-order valence-corrected chi connectivity index (χ3v) is 3.36. The Morgan fingerprint density at radius 3 is 2.50 bits per heavy atom. The monoisotopic (exact) mass is 316 g/mol. The molecule has 2 nitrogen and oxygen atoms in total. The summed E-state index contributed by atoms with van der Waals surface area (Å²) >= 11 is 3.62. The second-order valence-corrected chi connectivity index (χ2v) is 5.43. The normalized spacial score (nSPS) is 10.4. The molecule has 1 aromatic heterocycles. The highest BCUT2D eigenvalue weighted by molar-refractivity contribution is 14.1. The molecule has 0 fully saturated rings. The zero-order chi connectivity index (χ0) is 9.97. The van der Waals surface area contributed by atoms with Crippen molar-refractivity contribution < 1.29 is 0 Å². The van der Waals surface area contributed by atoms with E-state index in [9.17, 15) is 0 Å². The van der Waals surface area contributed by atoms with E-state index in [1.165, 1.54) is 17.1 Å². The minimum absolute atomic E-state index is 0.835. The maximum atomic E-state index is 4.33. The van der Waals surface area contributed by atoms with Crippen molar-refractivity contribution in [2.24, 2.45) is 0 Å². The van der Waals surface area contributed by atoms with Crippen LogP contribution in [0.2, 0.25) is 0 Å². The van der Waals surface area contributed by atoms with Gasteiger partial charge in [-0.1, -0.05) is 31.2 Å². The van der Waals surface area contributed by atoms with Crippen LogP contribution in [0.1, 0.15) is 12.5 Å². The molecule has 0 unspecified atom stereocenters. The Kier molecular flexibility index (Phi) is 3.12. The molecule has 2 aromatic rings. The van der Waals surface area contributed by atoms with Gasteiger partial charge in [0, 0.05) is 5.56 Å². The predicted octanol–water partition coefficient (Wildman–Crippen LogP) is 3.37. The fraction of sp³-hybridized carbons (Fsp3) is 0.200. The molecule has 0 N–H and O–H groups in total. The van der Waals surface area contributed by atoms with E-state index in [4.69, 9.17) is 0 Å². The van der Waals surface area contributed by atoms with Crippen LogP contribution in [-0.2, 0) is 6.42 Å². The minimum atomic E-state index is 0.835. The maximum absolute atomic E-state index is 4.33. The molecule has 14 heavy (non-hydrogen) atoms. The third-order valence-electron chi connectivity index (χ3n) is 2.02. The highest BCUT2D eigenvalue weighted by Crippen LogP contribution is 2.19. The molecule has 0 bridgehead atoms. The molecule has 0 atom stereocenters. The lowest BCUT2D eigenvalue weighted by molar-refractivity contribution is 1.14. The second kappa shape index (κ2) is 4.35. The molecule has 1 heterocycles. The molecule has 4 heteroatoms. The van der Waals surface area contributed by atoms with Crippen molar-refractivity contribution in [3.63, 3.8) is 0 Å². The number of aromatic nitrogens is 2. The van der Waals surface area contributed by atoms with Gasteiger partial charge in [0.25, 0.3) is 0 Å². The van der Waals surface area contributed by atoms with E-state index in [1.807, 2.05) is 0 Å². The van der Waals surface area contributed by atoms with E-state index >= 15 is 0 Å². The summed E-state index contributed by atoms with van der Waals surface area (Å²) in [5.74, 6) is 0.835. The first-order valence-electron chi connectivity index (χ1n) is 4.38. The van der Waals surface area contributed by atoms with E-state index in [2.05, 4.69) is 63.1 Å². The maximum Gasteiger partial charge on any atom is 0.174 e. The van der Waals surface area contributed by atoms with Crippen molar-refractivity contribution in [2.45, 2.75) is 13.3 Å². The average molecular weight is 316 g/mol. The number of hydrogen-bond donors (Lipinski definition) is 0. The Bertz CT molecular complexity index is 422. The van der Waals surface area contributed by atoms with Gasteiger partial charge in [-0.15, -0.1) is 0 Å². The number of benzene rings is 1. The van der Waals surface area contributed by atoms with Crippen molar-refractivity contribution in [1.82, 2.24) is 9.36 Å². The van der Waals surface area contributed by atoms with Crippen LogP contribution in [0.4, 0.5) is 0 Å². The fourth-order valence-corrected chi connectivity index (χ4v) is 2.17. The van der Waals surface area contributed by atoms with Gasteiger partial charge >= 0.3 is 0 Å². The summed E-state index contributed by atoms with van der Waals surface area (Å²) < 4.78 is 5.25. The highest BCUT2D eigenvalue weighted by atomic mass is 127. The van der Waals surface area contributed by atoms with Gasteiger partial charge in [0.1, 0.15) is 0 Å². The number of halogens is 1. The first-order chi connectivity index (χ1) is 6.79. The van der Waals surface area contributed by atoms with E-state index in [1.54, 1.807) is 0 Å². The van der Waals surface area contributed by atoms with Crippen LogP contribution in [0.3, 0.4) is 0 Å². The van der Waals surface area contributed by atoms with Crippen LogP contribution in [0, 0.1) is 3.01 Å². The van der Waals surface area contributed by atoms with E-state index in [-0.39, 0.29) is 0 Å². The Morgan fingerprint density at radius 1 is 1.29 bits per heavy atom. The van der Waals surface area contributed by atoms with Crippen LogP contribution in [0.5, 0.6) is 0 Å². The quantitative estimate of drug-likeness (QED) is 0.794. The van der Waals surface area contributed by atoms with Crippen molar-refractivity contribution in [3.05, 3.63) is 32.8 Å². The fourth-order valence-electron chi connectivity index (χ4n) is 1.21. The van der Waals surface area contributed by atoms with Crippen LogP contribution in [0.15, 0.2) is 24.3 Å². The van der Waals surface area contributed by atoms with Crippen molar-refractivity contribution in [1.29, 1.82) is 0 Å². The minimum Gasteiger partial charge on any atom is -0.209 e. The number of rotatable bonds is 2. The third kappa shape index (κ3) is 2.12. The number of nitrogens with zero attached hydrogens (tertiary/aromatic N) is 2. The first-order valence-corrected chi connectivity index (χ1v) is 6.23. The Balaban J connectivity index is 2.33. The topological polar surface area (TPSA) is 25.8 Å². The van der Waals surface area contributed by atoms with Gasteiger partial charge in [0.15, 0.2) is 8.84 Å². The van der Waals surface area contributed by atoms with Crippen LogP contribution >= 0.6 is 34.1 Å². The van der Waals surface area contributed by atoms with Crippen molar-refractivity contribution in [2.75, 3.05) is 0 Å². The van der Waals surface area contributed by atoms with Gasteiger partial charge in [-0.2, -0.15) is 4.37 Å². The van der Waals surface area contributed by atoms with E-state index in [0.717, 1.165) is 20.8 Å². The summed E-state index contributed by atoms with van der Waals surface area (Å²) in [6.45, 7) is 2.15. The van der Waals surface area contributed by atoms with Gasteiger partial charge in [0.05, 0.1) is 0 Å². The standard InChI is InChI=1S/C10H9IN2S/c1-2-7-3-5-8(6-4-7)9-12-10(11)14-13-9/h3-6H,2H2,1H3.